The highest BCUT2D eigenvalue weighted by atomic mass is 16.4. The van der Waals surface area contributed by atoms with Crippen molar-refractivity contribution in [3.05, 3.63) is 11.3 Å². The fourth-order valence-electron chi connectivity index (χ4n) is 2.14. The molecule has 1 aliphatic heterocycles. The van der Waals surface area contributed by atoms with Gasteiger partial charge in [0.15, 0.2) is 5.78 Å². The summed E-state index contributed by atoms with van der Waals surface area (Å²) in [7, 11) is 0. The van der Waals surface area contributed by atoms with Gasteiger partial charge in [-0.05, 0) is 0 Å². The van der Waals surface area contributed by atoms with Gasteiger partial charge in [0.2, 0.25) is 11.4 Å². The monoisotopic (exact) mass is 374 g/mol. The van der Waals surface area contributed by atoms with Crippen LogP contribution in [0.15, 0.2) is 11.3 Å². The third-order valence-corrected chi connectivity index (χ3v) is 3.66. The zero-order valence-electron chi connectivity index (χ0n) is 13.3. The lowest BCUT2D eigenvalue weighted by Crippen LogP contribution is -2.64. The smallest absolute Gasteiger partial charge is 0.341 e. The maximum atomic E-state index is 12.3. The minimum absolute atomic E-state index is 0.264. The van der Waals surface area contributed by atoms with E-state index in [0.717, 1.165) is 0 Å². The summed E-state index contributed by atoms with van der Waals surface area (Å²) in [5.74, 6) is -8.76. The second-order valence-corrected chi connectivity index (χ2v) is 5.42. The number of rotatable bonds is 9. The highest BCUT2D eigenvalue weighted by Crippen LogP contribution is 2.22. The number of ketones is 1. The first-order valence-corrected chi connectivity index (χ1v) is 7.14. The molecule has 0 aliphatic carbocycles. The number of aliphatic carboxylic acids is 2. The van der Waals surface area contributed by atoms with Crippen LogP contribution in [0.3, 0.4) is 0 Å². The molecule has 0 saturated carbocycles. The molecular formula is C13H18N4O9. The van der Waals surface area contributed by atoms with E-state index in [0.29, 0.717) is 0 Å². The summed E-state index contributed by atoms with van der Waals surface area (Å²) in [6.45, 7) is -1.18. The first kappa shape index (κ1) is 21.0. The molecule has 1 rings (SSSR count). The summed E-state index contributed by atoms with van der Waals surface area (Å²) in [6.07, 6.45) is -1.40. The standard InChI is InChI=1S/C13H18N4O9/c14-2-5-8(20)7(10(22)16-5)6(19)1-13(11(23)24,12(25)26)17-9(21)4(15)3-18/h4-5,18,20H,1-3,14-15H2,(H,16,22)(H,17,21)(H,23,24)(H,25,26)/t4-,5?/m1/s1. The van der Waals surface area contributed by atoms with Crippen LogP contribution in [0.1, 0.15) is 6.42 Å². The van der Waals surface area contributed by atoms with Crippen molar-refractivity contribution in [2.24, 2.45) is 11.5 Å². The van der Waals surface area contributed by atoms with E-state index in [9.17, 15) is 39.3 Å². The van der Waals surface area contributed by atoms with Crippen molar-refractivity contribution in [3.8, 4) is 0 Å². The van der Waals surface area contributed by atoms with Gasteiger partial charge in [-0.2, -0.15) is 0 Å². The fourth-order valence-corrected chi connectivity index (χ4v) is 2.14. The maximum Gasteiger partial charge on any atom is 0.341 e. The molecule has 13 heteroatoms. The number of hydrogen-bond acceptors (Lipinski definition) is 9. The number of carbonyl (C=O) groups excluding carboxylic acids is 3. The summed E-state index contributed by atoms with van der Waals surface area (Å²) in [5, 5.41) is 40.9. The van der Waals surface area contributed by atoms with Crippen molar-refractivity contribution in [1.29, 1.82) is 0 Å². The van der Waals surface area contributed by atoms with Gasteiger partial charge in [-0.15, -0.1) is 0 Å². The summed E-state index contributed by atoms with van der Waals surface area (Å²) in [4.78, 5) is 58.8. The van der Waals surface area contributed by atoms with Crippen LogP contribution in [-0.2, 0) is 24.0 Å². The Balaban J connectivity index is 3.26. The highest BCUT2D eigenvalue weighted by Gasteiger charge is 2.52. The molecule has 1 aliphatic rings. The second kappa shape index (κ2) is 7.90. The highest BCUT2D eigenvalue weighted by molar-refractivity contribution is 6.24. The van der Waals surface area contributed by atoms with E-state index in [1.54, 1.807) is 5.32 Å². The molecule has 1 unspecified atom stereocenters. The van der Waals surface area contributed by atoms with Crippen molar-refractivity contribution in [2.45, 2.75) is 24.0 Å². The quantitative estimate of drug-likeness (QED) is 0.141. The number of carboxylic acid groups (broad SMARTS) is 2. The number of Topliss-reactive ketones (excluding diaryl/α,β-unsaturated/α-hetero) is 1. The molecule has 0 radical (unpaired) electrons. The first-order valence-electron chi connectivity index (χ1n) is 7.14. The summed E-state index contributed by atoms with van der Waals surface area (Å²) in [5.41, 5.74) is 6.46. The average molecular weight is 374 g/mol. The lowest BCUT2D eigenvalue weighted by molar-refractivity contribution is -0.163. The van der Waals surface area contributed by atoms with Crippen LogP contribution in [0.25, 0.3) is 0 Å². The third kappa shape index (κ3) is 3.79. The molecule has 13 nitrogen and oxygen atoms in total. The number of aliphatic hydroxyl groups excluding tert-OH is 2. The Morgan fingerprint density at radius 2 is 1.77 bits per heavy atom. The van der Waals surface area contributed by atoms with Crippen LogP contribution in [0.2, 0.25) is 0 Å². The van der Waals surface area contributed by atoms with Crippen LogP contribution in [0.4, 0.5) is 0 Å². The normalized spacial score (nSPS) is 18.3. The van der Waals surface area contributed by atoms with Gasteiger partial charge in [0.25, 0.3) is 5.91 Å². The topological polar surface area (TPSA) is 242 Å². The molecule has 0 aromatic carbocycles. The largest absolute Gasteiger partial charge is 0.509 e. The van der Waals surface area contributed by atoms with Crippen molar-refractivity contribution < 1.29 is 44.4 Å². The average Bonchev–Trinajstić information content (AvgIpc) is 2.86. The lowest BCUT2D eigenvalue weighted by Gasteiger charge is -2.26. The van der Waals surface area contributed by atoms with E-state index in [-0.39, 0.29) is 6.54 Å². The van der Waals surface area contributed by atoms with E-state index in [4.69, 9.17) is 16.6 Å². The molecule has 0 saturated heterocycles. The van der Waals surface area contributed by atoms with E-state index in [1.807, 2.05) is 0 Å². The number of nitrogens with two attached hydrogens (primary N) is 2. The molecule has 1 heterocycles. The Morgan fingerprint density at radius 1 is 1.23 bits per heavy atom. The molecule has 10 N–H and O–H groups in total. The fraction of sp³-hybridized carbons (Fsp3) is 0.462. The molecule has 0 fully saturated rings. The van der Waals surface area contributed by atoms with Crippen molar-refractivity contribution >= 4 is 29.5 Å². The molecule has 0 aromatic rings. The number of amides is 2. The van der Waals surface area contributed by atoms with Gasteiger partial charge in [-0.25, -0.2) is 9.59 Å². The second-order valence-electron chi connectivity index (χ2n) is 5.42. The Morgan fingerprint density at radius 3 is 2.15 bits per heavy atom. The van der Waals surface area contributed by atoms with Gasteiger partial charge in [0.05, 0.1) is 19.1 Å². The lowest BCUT2D eigenvalue weighted by atomic mass is 9.89. The number of hydrogen-bond donors (Lipinski definition) is 8. The number of carbonyl (C=O) groups is 5. The minimum Gasteiger partial charge on any atom is -0.509 e. The zero-order chi connectivity index (χ0) is 20.2. The maximum absolute atomic E-state index is 12.3. The van der Waals surface area contributed by atoms with Crippen molar-refractivity contribution in [2.75, 3.05) is 13.2 Å². The summed E-state index contributed by atoms with van der Waals surface area (Å²) < 4.78 is 0. The molecule has 2 amide bonds. The molecular weight excluding hydrogens is 356 g/mol. The molecule has 0 aromatic heterocycles. The number of carboxylic acids is 2. The van der Waals surface area contributed by atoms with Gasteiger partial charge in [0, 0.05) is 6.54 Å². The Labute approximate surface area is 145 Å². The molecule has 26 heavy (non-hydrogen) atoms. The summed E-state index contributed by atoms with van der Waals surface area (Å²) >= 11 is 0. The van der Waals surface area contributed by atoms with Crippen LogP contribution >= 0.6 is 0 Å². The molecule has 144 valence electrons. The number of aliphatic hydroxyl groups is 2. The van der Waals surface area contributed by atoms with E-state index in [1.165, 1.54) is 0 Å². The SMILES string of the molecule is NCC1NC(=O)C(C(=O)CC(NC(=O)[C@H](N)CO)(C(=O)O)C(=O)O)=C1O. The minimum atomic E-state index is -3.17. The number of nitrogens with one attached hydrogen (secondary N) is 2. The van der Waals surface area contributed by atoms with E-state index in [2.05, 4.69) is 5.32 Å². The Kier molecular flexibility index (Phi) is 6.39. The van der Waals surface area contributed by atoms with Crippen LogP contribution in [-0.4, -0.2) is 80.7 Å². The zero-order valence-corrected chi connectivity index (χ0v) is 13.3. The molecule has 0 bridgehead atoms. The van der Waals surface area contributed by atoms with Gasteiger partial charge in [0.1, 0.15) is 17.4 Å². The predicted molar refractivity (Wildman–Crippen MR) is 81.5 cm³/mol. The van der Waals surface area contributed by atoms with Gasteiger partial charge >= 0.3 is 11.9 Å². The summed E-state index contributed by atoms with van der Waals surface area (Å²) in [6, 6.07) is -2.73. The first-order chi connectivity index (χ1) is 12.0. The van der Waals surface area contributed by atoms with Gasteiger partial charge in [-0.1, -0.05) is 0 Å². The van der Waals surface area contributed by atoms with Crippen LogP contribution in [0, 0.1) is 0 Å². The van der Waals surface area contributed by atoms with Crippen LogP contribution < -0.4 is 22.1 Å². The third-order valence-electron chi connectivity index (χ3n) is 3.66. The Hall–Kier alpha value is -3.03. The van der Waals surface area contributed by atoms with Crippen molar-refractivity contribution in [3.63, 3.8) is 0 Å². The van der Waals surface area contributed by atoms with E-state index >= 15 is 0 Å². The van der Waals surface area contributed by atoms with Crippen molar-refractivity contribution in [1.82, 2.24) is 10.6 Å². The van der Waals surface area contributed by atoms with Crippen LogP contribution in [0.5, 0.6) is 0 Å². The van der Waals surface area contributed by atoms with E-state index < -0.39 is 71.5 Å². The Bertz CT molecular complexity index is 673. The predicted octanol–water partition coefficient (Wildman–Crippen LogP) is -4.44. The molecule has 2 atom stereocenters. The molecule has 0 spiro atoms. The van der Waals surface area contributed by atoms with Gasteiger partial charge in [-0.3, -0.25) is 14.4 Å². The van der Waals surface area contributed by atoms with Gasteiger partial charge < -0.3 is 42.5 Å².